The third kappa shape index (κ3) is 4.74. The molecule has 0 atom stereocenters. The Bertz CT molecular complexity index is 471. The van der Waals surface area contributed by atoms with E-state index in [-0.39, 0.29) is 0 Å². The van der Waals surface area contributed by atoms with Crippen LogP contribution >= 0.6 is 0 Å². The van der Waals surface area contributed by atoms with Crippen molar-refractivity contribution in [1.29, 1.82) is 0 Å². The second-order valence-electron chi connectivity index (χ2n) is 6.36. The molecular formula is C15H27N5O. The van der Waals surface area contributed by atoms with Crippen molar-refractivity contribution < 1.29 is 4.74 Å². The van der Waals surface area contributed by atoms with Gasteiger partial charge in [0.1, 0.15) is 11.5 Å². The summed E-state index contributed by atoms with van der Waals surface area (Å²) in [4.78, 5) is 11.2. The van der Waals surface area contributed by atoms with E-state index < -0.39 is 0 Å². The summed E-state index contributed by atoms with van der Waals surface area (Å²) < 4.78 is 5.76. The monoisotopic (exact) mass is 293 g/mol. The fourth-order valence-corrected chi connectivity index (χ4v) is 1.88. The van der Waals surface area contributed by atoms with Crippen LogP contribution in [0, 0.1) is 5.92 Å². The molecule has 1 saturated carbocycles. The maximum Gasteiger partial charge on any atom is 0.242 e. The van der Waals surface area contributed by atoms with Crippen molar-refractivity contribution in [1.82, 2.24) is 14.9 Å². The highest BCUT2D eigenvalue weighted by molar-refractivity contribution is 5.67. The lowest BCUT2D eigenvalue weighted by molar-refractivity contribution is 0.262. The number of nitrogens with zero attached hydrogens (tertiary/aromatic N) is 3. The number of hydrogen-bond donors (Lipinski definition) is 2. The van der Waals surface area contributed by atoms with Gasteiger partial charge in [-0.1, -0.05) is 13.8 Å². The van der Waals surface area contributed by atoms with Gasteiger partial charge in [-0.05, 0) is 32.9 Å². The highest BCUT2D eigenvalue weighted by atomic mass is 16.5. The zero-order valence-corrected chi connectivity index (χ0v) is 13.5. The predicted octanol–water partition coefficient (Wildman–Crippen LogP) is 1.94. The molecule has 1 aromatic heterocycles. The summed E-state index contributed by atoms with van der Waals surface area (Å²) in [6.45, 7) is 6.54. The lowest BCUT2D eigenvalue weighted by Crippen LogP contribution is -2.22. The van der Waals surface area contributed by atoms with Gasteiger partial charge in [-0.25, -0.2) is 4.98 Å². The summed E-state index contributed by atoms with van der Waals surface area (Å²) in [6.07, 6.45) is 2.31. The summed E-state index contributed by atoms with van der Waals surface area (Å²) in [5.74, 6) is 2.99. The molecule has 1 fully saturated rings. The lowest BCUT2D eigenvalue weighted by atomic mass is 10.2. The van der Waals surface area contributed by atoms with Gasteiger partial charge in [0.25, 0.3) is 0 Å². The van der Waals surface area contributed by atoms with E-state index in [0.29, 0.717) is 35.8 Å². The maximum atomic E-state index is 6.15. The second-order valence-corrected chi connectivity index (χ2v) is 6.36. The number of likely N-dealkylation sites (N-methyl/N-ethyl adjacent to an activating group) is 1. The van der Waals surface area contributed by atoms with Gasteiger partial charge < -0.3 is 20.7 Å². The van der Waals surface area contributed by atoms with Gasteiger partial charge in [0.2, 0.25) is 5.88 Å². The van der Waals surface area contributed by atoms with Crippen molar-refractivity contribution in [2.75, 3.05) is 44.8 Å². The summed E-state index contributed by atoms with van der Waals surface area (Å²) in [6, 6.07) is 0. The fraction of sp³-hybridized carbons (Fsp3) is 0.733. The smallest absolute Gasteiger partial charge is 0.242 e. The van der Waals surface area contributed by atoms with Gasteiger partial charge in [-0.15, -0.1) is 0 Å². The summed E-state index contributed by atoms with van der Waals surface area (Å²) in [5.41, 5.74) is 6.66. The number of aromatic nitrogens is 2. The van der Waals surface area contributed by atoms with E-state index in [1.54, 1.807) is 0 Å². The highest BCUT2D eigenvalue weighted by Crippen LogP contribution is 2.40. The molecule has 0 unspecified atom stereocenters. The maximum absolute atomic E-state index is 6.15. The van der Waals surface area contributed by atoms with E-state index in [1.165, 1.54) is 0 Å². The van der Waals surface area contributed by atoms with Crippen LogP contribution < -0.4 is 15.8 Å². The van der Waals surface area contributed by atoms with Crippen molar-refractivity contribution in [2.24, 2.45) is 5.92 Å². The average molecular weight is 293 g/mol. The Morgan fingerprint density at radius 3 is 2.62 bits per heavy atom. The number of rotatable bonds is 8. The van der Waals surface area contributed by atoms with Crippen molar-refractivity contribution >= 4 is 11.5 Å². The van der Waals surface area contributed by atoms with Gasteiger partial charge >= 0.3 is 0 Å². The Morgan fingerprint density at radius 1 is 1.33 bits per heavy atom. The van der Waals surface area contributed by atoms with Gasteiger partial charge in [0.15, 0.2) is 5.82 Å². The minimum absolute atomic E-state index is 0.439. The predicted molar refractivity (Wildman–Crippen MR) is 85.8 cm³/mol. The quantitative estimate of drug-likeness (QED) is 0.763. The van der Waals surface area contributed by atoms with E-state index in [0.717, 1.165) is 31.8 Å². The second kappa shape index (κ2) is 6.93. The zero-order valence-electron chi connectivity index (χ0n) is 13.5. The van der Waals surface area contributed by atoms with Crippen LogP contribution in [0.15, 0.2) is 0 Å². The van der Waals surface area contributed by atoms with Crippen LogP contribution in [-0.4, -0.2) is 48.7 Å². The van der Waals surface area contributed by atoms with Gasteiger partial charge in [0, 0.05) is 19.0 Å². The molecular weight excluding hydrogens is 266 g/mol. The number of nitrogen functional groups attached to an aromatic ring is 1. The van der Waals surface area contributed by atoms with E-state index in [9.17, 15) is 0 Å². The van der Waals surface area contributed by atoms with E-state index in [4.69, 9.17) is 10.5 Å². The molecule has 1 heterocycles. The van der Waals surface area contributed by atoms with Crippen LogP contribution in [0.25, 0.3) is 0 Å². The minimum Gasteiger partial charge on any atom is -0.476 e. The first-order valence-corrected chi connectivity index (χ1v) is 7.66. The molecule has 0 saturated heterocycles. The van der Waals surface area contributed by atoms with E-state index in [2.05, 4.69) is 34.0 Å². The molecule has 118 valence electrons. The first-order valence-electron chi connectivity index (χ1n) is 7.66. The third-order valence-electron chi connectivity index (χ3n) is 3.28. The zero-order chi connectivity index (χ0) is 15.4. The molecule has 6 nitrogen and oxygen atoms in total. The van der Waals surface area contributed by atoms with Crippen LogP contribution in [0.4, 0.5) is 11.5 Å². The Labute approximate surface area is 127 Å². The average Bonchev–Trinajstić information content (AvgIpc) is 3.23. The Balaban J connectivity index is 2.12. The molecule has 21 heavy (non-hydrogen) atoms. The van der Waals surface area contributed by atoms with Gasteiger partial charge in [-0.3, -0.25) is 0 Å². The molecule has 0 amide bonds. The number of ether oxygens (including phenoxy) is 1. The van der Waals surface area contributed by atoms with Gasteiger partial charge in [-0.2, -0.15) is 4.98 Å². The molecule has 6 heteroatoms. The largest absolute Gasteiger partial charge is 0.476 e. The molecule has 0 spiro atoms. The number of hydrogen-bond acceptors (Lipinski definition) is 6. The lowest BCUT2D eigenvalue weighted by Gasteiger charge is -2.16. The number of anilines is 2. The topological polar surface area (TPSA) is 76.3 Å². The molecule has 1 aliphatic carbocycles. The van der Waals surface area contributed by atoms with Crippen LogP contribution in [0.3, 0.4) is 0 Å². The minimum atomic E-state index is 0.439. The standard InChI is InChI=1S/C15H27N5O/c1-10(2)9-21-15-12(16)14(17-7-8-20(3)4)18-13(19-15)11-5-6-11/h10-11H,5-9,16H2,1-4H3,(H,17,18,19). The first kappa shape index (κ1) is 15.8. The molecule has 1 aromatic rings. The Kier molecular flexibility index (Phi) is 5.22. The van der Waals surface area contributed by atoms with Gasteiger partial charge in [0.05, 0.1) is 6.61 Å². The summed E-state index contributed by atoms with van der Waals surface area (Å²) in [5, 5.41) is 3.30. The Hall–Kier alpha value is -1.56. The third-order valence-corrected chi connectivity index (χ3v) is 3.28. The number of nitrogens with one attached hydrogen (secondary N) is 1. The van der Waals surface area contributed by atoms with Crippen molar-refractivity contribution in [2.45, 2.75) is 32.6 Å². The van der Waals surface area contributed by atoms with Crippen LogP contribution in [0.2, 0.25) is 0 Å². The van der Waals surface area contributed by atoms with Crippen molar-refractivity contribution in [3.05, 3.63) is 5.82 Å². The summed E-state index contributed by atoms with van der Waals surface area (Å²) >= 11 is 0. The highest BCUT2D eigenvalue weighted by Gasteiger charge is 2.28. The normalized spacial score (nSPS) is 14.8. The van der Waals surface area contributed by atoms with E-state index >= 15 is 0 Å². The molecule has 0 aliphatic heterocycles. The Morgan fingerprint density at radius 2 is 2.05 bits per heavy atom. The molecule has 0 bridgehead atoms. The fourth-order valence-electron chi connectivity index (χ4n) is 1.88. The molecule has 0 radical (unpaired) electrons. The van der Waals surface area contributed by atoms with Crippen LogP contribution in [-0.2, 0) is 0 Å². The van der Waals surface area contributed by atoms with Crippen LogP contribution in [0.1, 0.15) is 38.4 Å². The van der Waals surface area contributed by atoms with Crippen LogP contribution in [0.5, 0.6) is 5.88 Å². The summed E-state index contributed by atoms with van der Waals surface area (Å²) in [7, 11) is 4.08. The molecule has 0 aromatic carbocycles. The number of nitrogens with two attached hydrogens (primary N) is 1. The SMILES string of the molecule is CC(C)COc1nc(C2CC2)nc(NCCN(C)C)c1N. The van der Waals surface area contributed by atoms with Crippen molar-refractivity contribution in [3.8, 4) is 5.88 Å². The molecule has 3 N–H and O–H groups in total. The first-order chi connectivity index (χ1) is 9.97. The van der Waals surface area contributed by atoms with Crippen molar-refractivity contribution in [3.63, 3.8) is 0 Å². The molecule has 2 rings (SSSR count). The molecule has 1 aliphatic rings. The van der Waals surface area contributed by atoms with E-state index in [1.807, 2.05) is 14.1 Å².